The Morgan fingerprint density at radius 1 is 1.11 bits per heavy atom. The van der Waals surface area contributed by atoms with E-state index in [0.717, 1.165) is 0 Å². The summed E-state index contributed by atoms with van der Waals surface area (Å²) in [5.41, 5.74) is 10.7. The average molecular weight is 265 g/mol. The first-order valence-corrected chi connectivity index (χ1v) is 5.32. The summed E-state index contributed by atoms with van der Waals surface area (Å²) >= 11 is 5.76. The van der Waals surface area contributed by atoms with Crippen LogP contribution in [0.15, 0.2) is 30.5 Å². The van der Waals surface area contributed by atoms with Gasteiger partial charge in [-0.05, 0) is 24.3 Å². The molecule has 0 aliphatic carbocycles. The second-order valence-electron chi connectivity index (χ2n) is 3.54. The van der Waals surface area contributed by atoms with E-state index in [1.807, 2.05) is 0 Å². The van der Waals surface area contributed by atoms with Crippen molar-refractivity contribution >= 4 is 23.4 Å². The molecule has 0 unspecified atom stereocenters. The van der Waals surface area contributed by atoms with Gasteiger partial charge in [0.2, 0.25) is 0 Å². The van der Waals surface area contributed by atoms with Crippen molar-refractivity contribution in [3.8, 4) is 5.69 Å². The fourth-order valence-electron chi connectivity index (χ4n) is 1.46. The molecule has 0 fully saturated rings. The fraction of sp³-hybridized carbons (Fsp3) is 0. The van der Waals surface area contributed by atoms with Gasteiger partial charge in [0, 0.05) is 11.2 Å². The van der Waals surface area contributed by atoms with Crippen LogP contribution in [0.25, 0.3) is 5.69 Å². The van der Waals surface area contributed by atoms with Gasteiger partial charge in [-0.1, -0.05) is 11.6 Å². The minimum Gasteiger partial charge on any atom is -0.365 e. The van der Waals surface area contributed by atoms with Crippen LogP contribution in [0.2, 0.25) is 5.02 Å². The van der Waals surface area contributed by atoms with Crippen molar-refractivity contribution < 1.29 is 9.59 Å². The molecule has 0 radical (unpaired) electrons. The van der Waals surface area contributed by atoms with Crippen LogP contribution in [0.4, 0.5) is 0 Å². The summed E-state index contributed by atoms with van der Waals surface area (Å²) in [6, 6.07) is 6.69. The van der Waals surface area contributed by atoms with Crippen LogP contribution in [-0.4, -0.2) is 21.6 Å². The maximum atomic E-state index is 11.2. The molecule has 4 N–H and O–H groups in total. The Bertz CT molecular complexity index is 587. The number of halogens is 1. The van der Waals surface area contributed by atoms with E-state index < -0.39 is 11.8 Å². The lowest BCUT2D eigenvalue weighted by Crippen LogP contribution is -2.19. The first-order chi connectivity index (χ1) is 8.49. The summed E-state index contributed by atoms with van der Waals surface area (Å²) in [5.74, 6) is -1.57. The number of hydrogen-bond acceptors (Lipinski definition) is 3. The number of nitrogens with two attached hydrogens (primary N) is 2. The summed E-state index contributed by atoms with van der Waals surface area (Å²) in [7, 11) is 0. The van der Waals surface area contributed by atoms with Crippen molar-refractivity contribution in [2.24, 2.45) is 11.5 Å². The van der Waals surface area contributed by atoms with Crippen LogP contribution in [0.3, 0.4) is 0 Å². The van der Waals surface area contributed by atoms with Gasteiger partial charge in [0.15, 0.2) is 5.69 Å². The lowest BCUT2D eigenvalue weighted by atomic mass is 10.2. The van der Waals surface area contributed by atoms with Gasteiger partial charge in [0.05, 0.1) is 11.3 Å². The van der Waals surface area contributed by atoms with Gasteiger partial charge in [-0.15, -0.1) is 0 Å². The van der Waals surface area contributed by atoms with E-state index in [2.05, 4.69) is 5.10 Å². The molecule has 2 amide bonds. The topological polar surface area (TPSA) is 104 Å². The number of nitrogens with zero attached hydrogens (tertiary/aromatic N) is 2. The molecular formula is C11H9ClN4O2. The Kier molecular flexibility index (Phi) is 3.03. The van der Waals surface area contributed by atoms with E-state index in [4.69, 9.17) is 23.1 Å². The van der Waals surface area contributed by atoms with E-state index in [0.29, 0.717) is 10.7 Å². The number of hydrogen-bond donors (Lipinski definition) is 2. The second-order valence-corrected chi connectivity index (χ2v) is 3.98. The highest BCUT2D eigenvalue weighted by molar-refractivity contribution is 6.30. The zero-order valence-corrected chi connectivity index (χ0v) is 9.89. The summed E-state index contributed by atoms with van der Waals surface area (Å²) in [6.07, 6.45) is 1.35. The minimum atomic E-state index is -0.809. The molecule has 2 rings (SSSR count). The minimum absolute atomic E-state index is 0.0162. The molecule has 0 saturated heterocycles. The number of carbonyl (C=O) groups is 2. The van der Waals surface area contributed by atoms with Crippen LogP contribution >= 0.6 is 11.6 Å². The summed E-state index contributed by atoms with van der Waals surface area (Å²) in [5, 5.41) is 4.49. The summed E-state index contributed by atoms with van der Waals surface area (Å²) in [4.78, 5) is 22.3. The zero-order chi connectivity index (χ0) is 13.3. The Hall–Kier alpha value is -2.34. The predicted molar refractivity (Wildman–Crippen MR) is 65.6 cm³/mol. The molecule has 7 heteroatoms. The summed E-state index contributed by atoms with van der Waals surface area (Å²) in [6.45, 7) is 0. The maximum Gasteiger partial charge on any atom is 0.270 e. The highest BCUT2D eigenvalue weighted by Gasteiger charge is 2.18. The third-order valence-corrected chi connectivity index (χ3v) is 2.56. The van der Waals surface area contributed by atoms with Gasteiger partial charge in [0.1, 0.15) is 0 Å². The Morgan fingerprint density at radius 3 is 2.17 bits per heavy atom. The zero-order valence-electron chi connectivity index (χ0n) is 9.13. The van der Waals surface area contributed by atoms with E-state index >= 15 is 0 Å². The molecule has 1 aromatic carbocycles. The highest BCUT2D eigenvalue weighted by Crippen LogP contribution is 2.15. The Labute approximate surface area is 107 Å². The molecule has 0 aliphatic heterocycles. The van der Waals surface area contributed by atoms with Gasteiger partial charge >= 0.3 is 0 Å². The van der Waals surface area contributed by atoms with Crippen LogP contribution in [0.1, 0.15) is 20.8 Å². The molecule has 92 valence electrons. The lowest BCUT2D eigenvalue weighted by molar-refractivity contribution is 0.0965. The molecule has 1 heterocycles. The number of benzene rings is 1. The van der Waals surface area contributed by atoms with Crippen molar-refractivity contribution in [3.63, 3.8) is 0 Å². The predicted octanol–water partition coefficient (Wildman–Crippen LogP) is 0.724. The first kappa shape index (κ1) is 12.1. The van der Waals surface area contributed by atoms with Gasteiger partial charge in [-0.3, -0.25) is 9.59 Å². The van der Waals surface area contributed by atoms with Crippen molar-refractivity contribution in [3.05, 3.63) is 46.7 Å². The van der Waals surface area contributed by atoms with Gasteiger partial charge in [0.25, 0.3) is 11.8 Å². The number of rotatable bonds is 3. The van der Waals surface area contributed by atoms with Gasteiger partial charge in [-0.2, -0.15) is 5.10 Å². The molecular weight excluding hydrogens is 256 g/mol. The quantitative estimate of drug-likeness (QED) is 0.853. The second kappa shape index (κ2) is 4.50. The Balaban J connectivity index is 2.53. The standard InChI is InChI=1S/C11H9ClN4O2/c12-6-1-3-7(4-2-6)16-5-8(10(13)17)9(15-16)11(14)18/h1-5H,(H2,13,17)(H2,14,18). The van der Waals surface area contributed by atoms with E-state index in [1.165, 1.54) is 10.9 Å². The highest BCUT2D eigenvalue weighted by atomic mass is 35.5. The molecule has 18 heavy (non-hydrogen) atoms. The smallest absolute Gasteiger partial charge is 0.270 e. The molecule has 0 saturated carbocycles. The molecule has 1 aromatic heterocycles. The van der Waals surface area contributed by atoms with Crippen LogP contribution in [-0.2, 0) is 0 Å². The number of primary amides is 2. The average Bonchev–Trinajstić information content (AvgIpc) is 2.75. The number of aromatic nitrogens is 2. The van der Waals surface area contributed by atoms with Gasteiger partial charge < -0.3 is 11.5 Å². The molecule has 0 bridgehead atoms. The van der Waals surface area contributed by atoms with Crippen LogP contribution in [0.5, 0.6) is 0 Å². The van der Waals surface area contributed by atoms with Crippen molar-refractivity contribution in [1.82, 2.24) is 9.78 Å². The van der Waals surface area contributed by atoms with Crippen LogP contribution in [0, 0.1) is 0 Å². The van der Waals surface area contributed by atoms with E-state index in [-0.39, 0.29) is 11.3 Å². The molecule has 2 aromatic rings. The third kappa shape index (κ3) is 2.18. The van der Waals surface area contributed by atoms with E-state index in [9.17, 15) is 9.59 Å². The monoisotopic (exact) mass is 264 g/mol. The molecule has 0 spiro atoms. The molecule has 0 atom stereocenters. The number of carbonyl (C=O) groups excluding carboxylic acids is 2. The van der Waals surface area contributed by atoms with Crippen LogP contribution < -0.4 is 11.5 Å². The summed E-state index contributed by atoms with van der Waals surface area (Å²) < 4.78 is 1.34. The SMILES string of the molecule is NC(=O)c1cn(-c2ccc(Cl)cc2)nc1C(N)=O. The Morgan fingerprint density at radius 2 is 1.72 bits per heavy atom. The number of amides is 2. The van der Waals surface area contributed by atoms with Crippen molar-refractivity contribution in [1.29, 1.82) is 0 Å². The maximum absolute atomic E-state index is 11.2. The van der Waals surface area contributed by atoms with Crippen molar-refractivity contribution in [2.75, 3.05) is 0 Å². The lowest BCUT2D eigenvalue weighted by Gasteiger charge is -2.00. The third-order valence-electron chi connectivity index (χ3n) is 2.30. The first-order valence-electron chi connectivity index (χ1n) is 4.94. The molecule has 6 nitrogen and oxygen atoms in total. The van der Waals surface area contributed by atoms with Gasteiger partial charge in [-0.25, -0.2) is 4.68 Å². The van der Waals surface area contributed by atoms with Crippen molar-refractivity contribution in [2.45, 2.75) is 0 Å². The fourth-order valence-corrected chi connectivity index (χ4v) is 1.59. The normalized spacial score (nSPS) is 10.3. The van der Waals surface area contributed by atoms with E-state index in [1.54, 1.807) is 24.3 Å². The molecule has 0 aliphatic rings. The largest absolute Gasteiger partial charge is 0.365 e.